The van der Waals surface area contributed by atoms with Gasteiger partial charge in [-0.25, -0.2) is 18.2 Å². The Morgan fingerprint density at radius 1 is 1.18 bits per heavy atom. The number of halogens is 4. The minimum atomic E-state index is -1.26. The predicted molar refractivity (Wildman–Crippen MR) is 115 cm³/mol. The molecular formula is C22H23ClF3N5O2. The lowest BCUT2D eigenvalue weighted by molar-refractivity contribution is 0.117. The molecule has 1 saturated heterocycles. The number of hydrogen-bond donors (Lipinski definition) is 0. The lowest BCUT2D eigenvalue weighted by atomic mass is 9.83. The van der Waals surface area contributed by atoms with Crippen molar-refractivity contribution in [2.45, 2.75) is 50.9 Å². The summed E-state index contributed by atoms with van der Waals surface area (Å²) in [5.74, 6) is -1.31. The largest absolute Gasteiger partial charge is 0.473 e. The fraction of sp³-hybridized carbons (Fsp3) is 0.455. The van der Waals surface area contributed by atoms with Gasteiger partial charge in [0.1, 0.15) is 29.1 Å². The normalized spacial score (nSPS) is 20.2. The SMILES string of the molecule is C[C@H](Oc1cc(Cl)nc(-c2noc(C(C)(C)c3c(F)cccc3F)n2)n1)[C@@H]1C[C@H](F)CN1C. The third kappa shape index (κ3) is 4.67. The van der Waals surface area contributed by atoms with Crippen molar-refractivity contribution in [3.8, 4) is 17.5 Å². The van der Waals surface area contributed by atoms with Crippen molar-refractivity contribution in [3.63, 3.8) is 0 Å². The van der Waals surface area contributed by atoms with Crippen LogP contribution in [0.5, 0.6) is 5.88 Å². The Hall–Kier alpha value is -2.72. The molecule has 2 aromatic heterocycles. The van der Waals surface area contributed by atoms with E-state index in [-0.39, 0.29) is 46.3 Å². The molecule has 0 unspecified atom stereocenters. The van der Waals surface area contributed by atoms with Crippen molar-refractivity contribution in [1.29, 1.82) is 0 Å². The summed E-state index contributed by atoms with van der Waals surface area (Å²) in [6, 6.07) is 4.92. The molecule has 0 amide bonds. The summed E-state index contributed by atoms with van der Waals surface area (Å²) in [5, 5.41) is 3.95. The van der Waals surface area contributed by atoms with E-state index in [2.05, 4.69) is 20.1 Å². The molecule has 7 nitrogen and oxygen atoms in total. The molecule has 176 valence electrons. The maximum atomic E-state index is 14.4. The monoisotopic (exact) mass is 481 g/mol. The standard InChI is InChI=1S/C22H23ClF3N5O2/c1-11(15-8-12(24)10-31(15)4)32-17-9-16(23)27-19(28-17)20-29-21(33-30-20)22(2,3)18-13(25)6-5-7-14(18)26/h5-7,9,11-12,15H,8,10H2,1-4H3/t11-,12-,15-/m0/s1. The van der Waals surface area contributed by atoms with Crippen LogP contribution < -0.4 is 4.74 Å². The van der Waals surface area contributed by atoms with Crippen LogP contribution in [0.25, 0.3) is 11.6 Å². The Morgan fingerprint density at radius 3 is 2.52 bits per heavy atom. The summed E-state index contributed by atoms with van der Waals surface area (Å²) in [6.07, 6.45) is -0.909. The van der Waals surface area contributed by atoms with Crippen LogP contribution in [0, 0.1) is 11.6 Å². The molecule has 0 saturated carbocycles. The van der Waals surface area contributed by atoms with Gasteiger partial charge in [0.05, 0.1) is 5.41 Å². The van der Waals surface area contributed by atoms with E-state index in [1.807, 2.05) is 18.9 Å². The molecule has 1 aliphatic heterocycles. The molecule has 33 heavy (non-hydrogen) atoms. The van der Waals surface area contributed by atoms with Gasteiger partial charge in [-0.3, -0.25) is 4.90 Å². The Morgan fingerprint density at radius 2 is 1.88 bits per heavy atom. The van der Waals surface area contributed by atoms with E-state index in [0.29, 0.717) is 13.0 Å². The highest BCUT2D eigenvalue weighted by atomic mass is 35.5. The van der Waals surface area contributed by atoms with Gasteiger partial charge >= 0.3 is 0 Å². The first-order valence-electron chi connectivity index (χ1n) is 10.4. The molecule has 1 aliphatic rings. The van der Waals surface area contributed by atoms with E-state index in [1.165, 1.54) is 12.1 Å². The zero-order chi connectivity index (χ0) is 23.9. The zero-order valence-corrected chi connectivity index (χ0v) is 19.3. The molecule has 0 aliphatic carbocycles. The quantitative estimate of drug-likeness (QED) is 0.476. The fourth-order valence-corrected chi connectivity index (χ4v) is 4.28. The number of likely N-dealkylation sites (N-methyl/N-ethyl adjacent to an activating group) is 1. The third-order valence-corrected chi connectivity index (χ3v) is 6.01. The highest BCUT2D eigenvalue weighted by Crippen LogP contribution is 2.35. The van der Waals surface area contributed by atoms with Crippen molar-refractivity contribution in [2.24, 2.45) is 0 Å². The summed E-state index contributed by atoms with van der Waals surface area (Å²) in [4.78, 5) is 14.6. The van der Waals surface area contributed by atoms with Gasteiger partial charge in [-0.2, -0.15) is 9.97 Å². The molecule has 3 heterocycles. The van der Waals surface area contributed by atoms with Crippen LogP contribution >= 0.6 is 11.6 Å². The molecule has 3 atom stereocenters. The molecule has 11 heteroatoms. The molecule has 0 spiro atoms. The van der Waals surface area contributed by atoms with Crippen LogP contribution in [0.15, 0.2) is 28.8 Å². The lowest BCUT2D eigenvalue weighted by Gasteiger charge is -2.25. The Bertz CT molecular complexity index is 1140. The van der Waals surface area contributed by atoms with E-state index >= 15 is 0 Å². The molecule has 0 N–H and O–H groups in total. The number of rotatable bonds is 6. The molecule has 1 aromatic carbocycles. The summed E-state index contributed by atoms with van der Waals surface area (Å²) >= 11 is 6.14. The van der Waals surface area contributed by atoms with Crippen LogP contribution in [-0.4, -0.2) is 56.9 Å². The van der Waals surface area contributed by atoms with Crippen molar-refractivity contribution in [2.75, 3.05) is 13.6 Å². The van der Waals surface area contributed by atoms with Gasteiger partial charge in [0.25, 0.3) is 0 Å². The number of hydrogen-bond acceptors (Lipinski definition) is 7. The Kier molecular flexibility index (Phi) is 6.32. The molecule has 0 bridgehead atoms. The lowest BCUT2D eigenvalue weighted by Crippen LogP contribution is -2.38. The maximum Gasteiger partial charge on any atom is 0.240 e. The fourth-order valence-electron chi connectivity index (χ4n) is 4.11. The van der Waals surface area contributed by atoms with Gasteiger partial charge in [-0.1, -0.05) is 22.8 Å². The average Bonchev–Trinajstić information content (AvgIpc) is 3.34. The summed E-state index contributed by atoms with van der Waals surface area (Å²) in [5.41, 5.74) is -1.46. The highest BCUT2D eigenvalue weighted by Gasteiger charge is 2.36. The van der Waals surface area contributed by atoms with Crippen molar-refractivity contribution >= 4 is 11.6 Å². The maximum absolute atomic E-state index is 14.4. The van der Waals surface area contributed by atoms with Gasteiger partial charge in [-0.15, -0.1) is 0 Å². The zero-order valence-electron chi connectivity index (χ0n) is 18.5. The average molecular weight is 482 g/mol. The van der Waals surface area contributed by atoms with E-state index in [4.69, 9.17) is 20.9 Å². The second-order valence-electron chi connectivity index (χ2n) is 8.66. The van der Waals surface area contributed by atoms with Crippen molar-refractivity contribution < 1.29 is 22.4 Å². The molecule has 3 aromatic rings. The number of benzene rings is 1. The molecular weight excluding hydrogens is 459 g/mol. The van der Waals surface area contributed by atoms with Crippen LogP contribution in [0.2, 0.25) is 5.15 Å². The summed E-state index contributed by atoms with van der Waals surface area (Å²) in [7, 11) is 1.84. The molecule has 1 fully saturated rings. The van der Waals surface area contributed by atoms with Crippen LogP contribution in [0.1, 0.15) is 38.6 Å². The minimum Gasteiger partial charge on any atom is -0.473 e. The number of alkyl halides is 1. The smallest absolute Gasteiger partial charge is 0.240 e. The first-order chi connectivity index (χ1) is 15.6. The van der Waals surface area contributed by atoms with Gasteiger partial charge in [0.2, 0.25) is 23.4 Å². The van der Waals surface area contributed by atoms with Gasteiger partial charge in [0.15, 0.2) is 0 Å². The first-order valence-corrected chi connectivity index (χ1v) is 10.8. The van der Waals surface area contributed by atoms with E-state index in [0.717, 1.165) is 12.1 Å². The second-order valence-corrected chi connectivity index (χ2v) is 9.05. The third-order valence-electron chi connectivity index (χ3n) is 5.82. The topological polar surface area (TPSA) is 77.2 Å². The van der Waals surface area contributed by atoms with Gasteiger partial charge in [-0.05, 0) is 46.4 Å². The number of ether oxygens (including phenoxy) is 1. The minimum absolute atomic E-state index is 0.0170. The van der Waals surface area contributed by atoms with Crippen LogP contribution in [0.4, 0.5) is 13.2 Å². The summed E-state index contributed by atoms with van der Waals surface area (Å²) in [6.45, 7) is 5.30. The second kappa shape index (κ2) is 8.90. The van der Waals surface area contributed by atoms with E-state index in [9.17, 15) is 13.2 Å². The van der Waals surface area contributed by atoms with E-state index < -0.39 is 23.2 Å². The number of nitrogens with zero attached hydrogens (tertiary/aromatic N) is 5. The Balaban J connectivity index is 1.60. The van der Waals surface area contributed by atoms with Gasteiger partial charge < -0.3 is 9.26 Å². The van der Waals surface area contributed by atoms with Crippen molar-refractivity contribution in [1.82, 2.24) is 25.0 Å². The first kappa shape index (κ1) is 23.4. The highest BCUT2D eigenvalue weighted by molar-refractivity contribution is 6.29. The predicted octanol–water partition coefficient (Wildman–Crippen LogP) is 4.59. The van der Waals surface area contributed by atoms with Crippen molar-refractivity contribution in [3.05, 3.63) is 52.5 Å². The summed E-state index contributed by atoms with van der Waals surface area (Å²) < 4.78 is 53.6. The molecule has 0 radical (unpaired) electrons. The van der Waals surface area contributed by atoms with E-state index in [1.54, 1.807) is 13.8 Å². The Labute approximate surface area is 193 Å². The van der Waals surface area contributed by atoms with Crippen LogP contribution in [-0.2, 0) is 5.41 Å². The molecule has 4 rings (SSSR count). The van der Waals surface area contributed by atoms with Gasteiger partial charge in [0, 0.05) is 24.2 Å². The van der Waals surface area contributed by atoms with Crippen LogP contribution in [0.3, 0.4) is 0 Å². The number of aromatic nitrogens is 4. The number of likely N-dealkylation sites (tertiary alicyclic amines) is 1.